The largest absolute Gasteiger partial charge is 0.481 e. The molecule has 14 heavy (non-hydrogen) atoms. The Bertz CT molecular complexity index is 325. The third-order valence-electron chi connectivity index (χ3n) is 1.88. The van der Waals surface area contributed by atoms with E-state index in [1.165, 1.54) is 25.3 Å². The van der Waals surface area contributed by atoms with Crippen LogP contribution in [0.4, 0.5) is 4.39 Å². The highest BCUT2D eigenvalue weighted by Crippen LogP contribution is 2.17. The van der Waals surface area contributed by atoms with Gasteiger partial charge in [0.05, 0.1) is 6.61 Å². The Balaban J connectivity index is 2.93. The van der Waals surface area contributed by atoms with Gasteiger partial charge in [-0.2, -0.15) is 0 Å². The minimum atomic E-state index is -1.02. The van der Waals surface area contributed by atoms with Gasteiger partial charge < -0.3 is 9.84 Å². The van der Waals surface area contributed by atoms with Crippen LogP contribution in [0, 0.1) is 5.82 Å². The second-order valence-electron chi connectivity index (χ2n) is 2.90. The Kier molecular flexibility index (Phi) is 3.59. The van der Waals surface area contributed by atoms with E-state index in [4.69, 9.17) is 9.84 Å². The van der Waals surface area contributed by atoms with E-state index in [1.807, 2.05) is 0 Å². The first kappa shape index (κ1) is 10.7. The van der Waals surface area contributed by atoms with Crippen LogP contribution in [0.5, 0.6) is 0 Å². The summed E-state index contributed by atoms with van der Waals surface area (Å²) < 4.78 is 17.6. The van der Waals surface area contributed by atoms with E-state index in [0.717, 1.165) is 0 Å². The summed E-state index contributed by atoms with van der Waals surface area (Å²) in [4.78, 5) is 10.8. The van der Waals surface area contributed by atoms with Crippen LogP contribution >= 0.6 is 0 Å². The molecule has 0 saturated carbocycles. The Morgan fingerprint density at radius 2 is 2.36 bits per heavy atom. The van der Waals surface area contributed by atoms with Crippen molar-refractivity contribution < 1.29 is 19.0 Å². The lowest BCUT2D eigenvalue weighted by Crippen LogP contribution is -2.16. The summed E-state index contributed by atoms with van der Waals surface area (Å²) in [5, 5.41) is 8.85. The summed E-state index contributed by atoms with van der Waals surface area (Å²) in [6.45, 7) is 0.0405. The van der Waals surface area contributed by atoms with E-state index in [9.17, 15) is 9.18 Å². The van der Waals surface area contributed by atoms with Gasteiger partial charge >= 0.3 is 5.97 Å². The van der Waals surface area contributed by atoms with Gasteiger partial charge in [0.15, 0.2) is 0 Å². The number of carboxylic acids is 1. The average Bonchev–Trinajstić information content (AvgIpc) is 2.13. The van der Waals surface area contributed by atoms with Gasteiger partial charge in [0.25, 0.3) is 0 Å². The molecule has 0 bridgehead atoms. The van der Waals surface area contributed by atoms with Crippen molar-refractivity contribution >= 4 is 5.97 Å². The second-order valence-corrected chi connectivity index (χ2v) is 2.90. The highest BCUT2D eigenvalue weighted by molar-refractivity contribution is 5.76. The first-order valence-corrected chi connectivity index (χ1v) is 4.12. The first-order chi connectivity index (χ1) is 6.65. The zero-order valence-electron chi connectivity index (χ0n) is 7.74. The molecule has 1 N–H and O–H groups in total. The summed E-state index contributed by atoms with van der Waals surface area (Å²) in [6.07, 6.45) is 0. The van der Waals surface area contributed by atoms with E-state index >= 15 is 0 Å². The number of hydrogen-bond donors (Lipinski definition) is 1. The lowest BCUT2D eigenvalue weighted by atomic mass is 10.0. The fourth-order valence-electron chi connectivity index (χ4n) is 1.20. The van der Waals surface area contributed by atoms with Crippen LogP contribution in [-0.2, 0) is 9.53 Å². The number of methoxy groups -OCH3 is 1. The Hall–Kier alpha value is -1.42. The molecule has 0 aliphatic heterocycles. The van der Waals surface area contributed by atoms with Gasteiger partial charge in [-0.1, -0.05) is 12.1 Å². The lowest BCUT2D eigenvalue weighted by molar-refractivity contribution is -0.140. The average molecular weight is 198 g/mol. The number of ether oxygens (including phenoxy) is 1. The smallest absolute Gasteiger partial charge is 0.313 e. The molecule has 0 aromatic heterocycles. The van der Waals surface area contributed by atoms with Gasteiger partial charge in [-0.3, -0.25) is 4.79 Å². The van der Waals surface area contributed by atoms with Crippen molar-refractivity contribution in [3.8, 4) is 0 Å². The molecule has 0 radical (unpaired) electrons. The molecule has 1 aromatic carbocycles. The zero-order valence-corrected chi connectivity index (χ0v) is 7.74. The highest BCUT2D eigenvalue weighted by Gasteiger charge is 2.19. The topological polar surface area (TPSA) is 46.5 Å². The van der Waals surface area contributed by atoms with Crippen LogP contribution in [0.1, 0.15) is 11.5 Å². The molecule has 1 unspecified atom stereocenters. The maximum atomic E-state index is 12.8. The summed E-state index contributed by atoms with van der Waals surface area (Å²) in [5.74, 6) is -2.27. The van der Waals surface area contributed by atoms with Gasteiger partial charge in [0.2, 0.25) is 0 Å². The molecule has 4 heteroatoms. The molecular formula is C10H11FO3. The third-order valence-corrected chi connectivity index (χ3v) is 1.88. The molecule has 0 aliphatic rings. The molecular weight excluding hydrogens is 187 g/mol. The van der Waals surface area contributed by atoms with Crippen molar-refractivity contribution in [2.24, 2.45) is 0 Å². The highest BCUT2D eigenvalue weighted by atomic mass is 19.1. The number of benzene rings is 1. The minimum absolute atomic E-state index is 0.0405. The number of aliphatic carboxylic acids is 1. The van der Waals surface area contributed by atoms with Crippen molar-refractivity contribution in [2.75, 3.05) is 13.7 Å². The summed E-state index contributed by atoms with van der Waals surface area (Å²) in [5.41, 5.74) is 0.416. The molecule has 0 spiro atoms. The number of hydrogen-bond acceptors (Lipinski definition) is 2. The molecule has 1 atom stereocenters. The summed E-state index contributed by atoms with van der Waals surface area (Å²) in [6, 6.07) is 5.53. The monoisotopic (exact) mass is 198 g/mol. The molecule has 0 amide bonds. The zero-order chi connectivity index (χ0) is 10.6. The van der Waals surface area contributed by atoms with Gasteiger partial charge in [-0.05, 0) is 17.7 Å². The molecule has 1 rings (SSSR count). The van der Waals surface area contributed by atoms with Crippen LogP contribution in [0.2, 0.25) is 0 Å². The molecule has 0 heterocycles. The van der Waals surface area contributed by atoms with Crippen LogP contribution in [0.15, 0.2) is 24.3 Å². The normalized spacial score (nSPS) is 12.4. The van der Waals surface area contributed by atoms with Gasteiger partial charge in [-0.25, -0.2) is 4.39 Å². The molecule has 0 saturated heterocycles. The fraction of sp³-hybridized carbons (Fsp3) is 0.300. The molecule has 1 aromatic rings. The molecule has 3 nitrogen and oxygen atoms in total. The standard InChI is InChI=1S/C10H11FO3/c1-14-6-9(10(12)13)7-3-2-4-8(11)5-7/h2-5,9H,6H2,1H3,(H,12,13). The van der Waals surface area contributed by atoms with Crippen LogP contribution < -0.4 is 0 Å². The van der Waals surface area contributed by atoms with Crippen LogP contribution in [0.25, 0.3) is 0 Å². The second kappa shape index (κ2) is 4.72. The Labute approximate surface area is 81.1 Å². The number of carboxylic acid groups (broad SMARTS) is 1. The quantitative estimate of drug-likeness (QED) is 0.799. The van der Waals surface area contributed by atoms with E-state index < -0.39 is 17.7 Å². The van der Waals surface area contributed by atoms with Crippen LogP contribution in [0.3, 0.4) is 0 Å². The number of rotatable bonds is 4. The fourth-order valence-corrected chi connectivity index (χ4v) is 1.20. The maximum absolute atomic E-state index is 12.8. The Morgan fingerprint density at radius 3 is 2.86 bits per heavy atom. The lowest BCUT2D eigenvalue weighted by Gasteiger charge is -2.11. The predicted octanol–water partition coefficient (Wildman–Crippen LogP) is 1.64. The summed E-state index contributed by atoms with van der Waals surface area (Å²) >= 11 is 0. The number of carbonyl (C=O) groups is 1. The Morgan fingerprint density at radius 1 is 1.64 bits per heavy atom. The van der Waals surface area contributed by atoms with E-state index in [1.54, 1.807) is 6.07 Å². The van der Waals surface area contributed by atoms with E-state index in [0.29, 0.717) is 5.56 Å². The predicted molar refractivity (Wildman–Crippen MR) is 48.7 cm³/mol. The molecule has 76 valence electrons. The minimum Gasteiger partial charge on any atom is -0.481 e. The third kappa shape index (κ3) is 2.53. The first-order valence-electron chi connectivity index (χ1n) is 4.12. The van der Waals surface area contributed by atoms with E-state index in [-0.39, 0.29) is 6.61 Å². The van der Waals surface area contributed by atoms with Crippen molar-refractivity contribution in [1.29, 1.82) is 0 Å². The van der Waals surface area contributed by atoms with Crippen molar-refractivity contribution in [2.45, 2.75) is 5.92 Å². The van der Waals surface area contributed by atoms with Gasteiger partial charge in [0.1, 0.15) is 11.7 Å². The van der Waals surface area contributed by atoms with Gasteiger partial charge in [-0.15, -0.1) is 0 Å². The van der Waals surface area contributed by atoms with Crippen LogP contribution in [-0.4, -0.2) is 24.8 Å². The number of halogens is 1. The van der Waals surface area contributed by atoms with Gasteiger partial charge in [0, 0.05) is 7.11 Å². The van der Waals surface area contributed by atoms with E-state index in [2.05, 4.69) is 0 Å². The molecule has 0 aliphatic carbocycles. The maximum Gasteiger partial charge on any atom is 0.313 e. The molecule has 0 fully saturated rings. The van der Waals surface area contributed by atoms with Crippen molar-refractivity contribution in [3.05, 3.63) is 35.6 Å². The van der Waals surface area contributed by atoms with Crippen molar-refractivity contribution in [3.63, 3.8) is 0 Å². The summed E-state index contributed by atoms with van der Waals surface area (Å²) in [7, 11) is 1.41. The van der Waals surface area contributed by atoms with Crippen molar-refractivity contribution in [1.82, 2.24) is 0 Å². The SMILES string of the molecule is COCC(C(=O)O)c1cccc(F)c1.